The zero-order chi connectivity index (χ0) is 24.4. The van der Waals surface area contributed by atoms with Crippen LogP contribution in [-0.4, -0.2) is 60.5 Å². The molecule has 2 aromatic rings. The van der Waals surface area contributed by atoms with E-state index in [1.807, 2.05) is 6.92 Å². The van der Waals surface area contributed by atoms with Gasteiger partial charge in [-0.15, -0.1) is 0 Å². The number of amides is 2. The van der Waals surface area contributed by atoms with Gasteiger partial charge < -0.3 is 19.0 Å². The van der Waals surface area contributed by atoms with Gasteiger partial charge in [0, 0.05) is 31.5 Å². The highest BCUT2D eigenvalue weighted by Crippen LogP contribution is 2.47. The lowest BCUT2D eigenvalue weighted by molar-refractivity contribution is -0.163. The highest BCUT2D eigenvalue weighted by Gasteiger charge is 2.44. The number of benzene rings is 1. The van der Waals surface area contributed by atoms with E-state index in [2.05, 4.69) is 0 Å². The Morgan fingerprint density at radius 3 is 2.32 bits per heavy atom. The monoisotopic (exact) mass is 498 g/mol. The molecule has 184 valence electrons. The van der Waals surface area contributed by atoms with Crippen molar-refractivity contribution in [1.82, 2.24) is 9.80 Å². The number of likely N-dealkylation sites (tertiary alicyclic amines) is 2. The predicted octanol–water partition coefficient (Wildman–Crippen LogP) is 5.08. The molecule has 1 saturated carbocycles. The first-order valence-corrected chi connectivity index (χ1v) is 11.8. The van der Waals surface area contributed by atoms with Crippen LogP contribution < -0.4 is 0 Å². The molecule has 3 fully saturated rings. The van der Waals surface area contributed by atoms with Crippen molar-refractivity contribution < 1.29 is 31.9 Å². The van der Waals surface area contributed by atoms with Gasteiger partial charge in [-0.25, -0.2) is 0 Å². The summed E-state index contributed by atoms with van der Waals surface area (Å²) in [5, 5.41) is 0.0245. The van der Waals surface area contributed by atoms with Crippen molar-refractivity contribution in [2.24, 2.45) is 5.92 Å². The van der Waals surface area contributed by atoms with Gasteiger partial charge in [0.15, 0.2) is 0 Å². The maximum Gasteiger partial charge on any atom is 0.420 e. The van der Waals surface area contributed by atoms with Gasteiger partial charge >= 0.3 is 6.18 Å². The summed E-state index contributed by atoms with van der Waals surface area (Å²) in [6.45, 7) is 3.64. The SMILES string of the molecule is COC1(C)CN(C(=O)C2CCN(C(=O)c3oc4c(C(F)(F)F)cc(C5CC5)cc4c3Cl)CC2)C1. The minimum Gasteiger partial charge on any atom is -0.449 e. The number of fused-ring (bicyclic) bond motifs is 1. The van der Waals surface area contributed by atoms with E-state index in [1.165, 1.54) is 4.90 Å². The zero-order valence-corrected chi connectivity index (χ0v) is 19.8. The van der Waals surface area contributed by atoms with E-state index >= 15 is 0 Å². The number of methoxy groups -OCH3 is 1. The Morgan fingerprint density at radius 2 is 1.76 bits per heavy atom. The van der Waals surface area contributed by atoms with Crippen molar-refractivity contribution in [2.45, 2.75) is 50.3 Å². The molecule has 2 amide bonds. The molecule has 1 aromatic carbocycles. The molecule has 0 spiro atoms. The van der Waals surface area contributed by atoms with Gasteiger partial charge in [-0.1, -0.05) is 11.6 Å². The van der Waals surface area contributed by atoms with Gasteiger partial charge in [0.2, 0.25) is 11.7 Å². The maximum atomic E-state index is 13.7. The van der Waals surface area contributed by atoms with Crippen LogP contribution >= 0.6 is 11.6 Å². The minimum absolute atomic E-state index is 0.0471. The molecule has 2 saturated heterocycles. The number of hydrogen-bond donors (Lipinski definition) is 0. The second kappa shape index (κ2) is 8.16. The van der Waals surface area contributed by atoms with Gasteiger partial charge in [0.25, 0.3) is 5.91 Å². The van der Waals surface area contributed by atoms with E-state index in [0.29, 0.717) is 44.6 Å². The Morgan fingerprint density at radius 1 is 1.12 bits per heavy atom. The van der Waals surface area contributed by atoms with Gasteiger partial charge in [-0.2, -0.15) is 13.2 Å². The first-order valence-electron chi connectivity index (χ1n) is 11.5. The molecular weight excluding hydrogens is 473 g/mol. The maximum absolute atomic E-state index is 13.7. The molecule has 5 rings (SSSR count). The second-order valence-corrected chi connectivity index (χ2v) is 10.3. The molecular formula is C24H26ClF3N2O4. The number of hydrogen-bond acceptors (Lipinski definition) is 4. The van der Waals surface area contributed by atoms with Crippen LogP contribution in [0.1, 0.15) is 60.2 Å². The van der Waals surface area contributed by atoms with E-state index in [0.717, 1.165) is 18.9 Å². The van der Waals surface area contributed by atoms with Crippen LogP contribution in [0.2, 0.25) is 5.02 Å². The predicted molar refractivity (Wildman–Crippen MR) is 119 cm³/mol. The second-order valence-electron chi connectivity index (χ2n) is 9.88. The summed E-state index contributed by atoms with van der Waals surface area (Å²) >= 11 is 6.40. The average molecular weight is 499 g/mol. The normalized spacial score (nSPS) is 21.1. The molecule has 3 aliphatic rings. The number of piperidine rings is 1. The van der Waals surface area contributed by atoms with Crippen molar-refractivity contribution in [3.05, 3.63) is 34.0 Å². The number of halogens is 4. The van der Waals surface area contributed by atoms with Gasteiger partial charge in [0.1, 0.15) is 5.58 Å². The van der Waals surface area contributed by atoms with Crippen molar-refractivity contribution in [2.75, 3.05) is 33.3 Å². The van der Waals surface area contributed by atoms with E-state index < -0.39 is 23.2 Å². The van der Waals surface area contributed by atoms with Crippen molar-refractivity contribution in [1.29, 1.82) is 0 Å². The van der Waals surface area contributed by atoms with Gasteiger partial charge in [-0.3, -0.25) is 9.59 Å². The Hall–Kier alpha value is -2.26. The van der Waals surface area contributed by atoms with Crippen LogP contribution in [0.25, 0.3) is 11.0 Å². The van der Waals surface area contributed by atoms with Crippen LogP contribution in [0.4, 0.5) is 13.2 Å². The van der Waals surface area contributed by atoms with Crippen molar-refractivity contribution >= 4 is 34.4 Å². The summed E-state index contributed by atoms with van der Waals surface area (Å²) in [6, 6.07) is 2.71. The third kappa shape index (κ3) is 4.06. The number of ether oxygens (including phenoxy) is 1. The lowest BCUT2D eigenvalue weighted by Gasteiger charge is -2.48. The Kier molecular flexibility index (Phi) is 5.63. The van der Waals surface area contributed by atoms with Gasteiger partial charge in [0.05, 0.1) is 29.3 Å². The highest BCUT2D eigenvalue weighted by atomic mass is 35.5. The van der Waals surface area contributed by atoms with Crippen molar-refractivity contribution in [3.63, 3.8) is 0 Å². The Balaban J connectivity index is 1.32. The van der Waals surface area contributed by atoms with Crippen LogP contribution in [-0.2, 0) is 15.7 Å². The summed E-state index contributed by atoms with van der Waals surface area (Å²) < 4.78 is 52.0. The number of carbonyl (C=O) groups is 2. The molecule has 1 aliphatic carbocycles. The van der Waals surface area contributed by atoms with Crippen LogP contribution in [0.5, 0.6) is 0 Å². The smallest absolute Gasteiger partial charge is 0.420 e. The molecule has 1 aromatic heterocycles. The molecule has 34 heavy (non-hydrogen) atoms. The summed E-state index contributed by atoms with van der Waals surface area (Å²) in [4.78, 5) is 29.1. The molecule has 6 nitrogen and oxygen atoms in total. The summed E-state index contributed by atoms with van der Waals surface area (Å²) in [6.07, 6.45) is -2.01. The van der Waals surface area contributed by atoms with Crippen LogP contribution in [0, 0.1) is 5.92 Å². The average Bonchev–Trinajstić information content (AvgIpc) is 3.59. The molecule has 10 heteroatoms. The van der Waals surface area contributed by atoms with Gasteiger partial charge in [-0.05, 0) is 56.2 Å². The molecule has 0 atom stereocenters. The van der Waals surface area contributed by atoms with E-state index in [4.69, 9.17) is 20.8 Å². The standard InChI is InChI=1S/C24H26ClF3N2O4/c1-23(33-2)11-30(12-23)21(31)14-5-7-29(8-6-14)22(32)20-18(25)16-9-15(13-3-4-13)10-17(19(16)34-20)24(26,27)28/h9-10,13-14H,3-8,11-12H2,1-2H3. The highest BCUT2D eigenvalue weighted by molar-refractivity contribution is 6.38. The fourth-order valence-electron chi connectivity index (χ4n) is 4.97. The van der Waals surface area contributed by atoms with E-state index in [-0.39, 0.29) is 39.5 Å². The molecule has 0 bridgehead atoms. The Bertz CT molecular complexity index is 1140. The third-order valence-electron chi connectivity index (χ3n) is 7.29. The summed E-state index contributed by atoms with van der Waals surface area (Å²) in [7, 11) is 1.62. The van der Waals surface area contributed by atoms with Crippen molar-refractivity contribution in [3.8, 4) is 0 Å². The number of nitrogens with zero attached hydrogens (tertiary/aromatic N) is 2. The van der Waals surface area contributed by atoms with Crippen LogP contribution in [0.3, 0.4) is 0 Å². The number of furan rings is 1. The fraction of sp³-hybridized carbons (Fsp3) is 0.583. The third-order valence-corrected chi connectivity index (χ3v) is 7.66. The fourth-order valence-corrected chi connectivity index (χ4v) is 5.23. The number of carbonyl (C=O) groups excluding carboxylic acids is 2. The number of rotatable bonds is 4. The molecule has 3 heterocycles. The Labute approximate surface area is 199 Å². The first-order chi connectivity index (χ1) is 16.0. The molecule has 0 N–H and O–H groups in total. The minimum atomic E-state index is -4.63. The van der Waals surface area contributed by atoms with Crippen LogP contribution in [0.15, 0.2) is 16.5 Å². The first kappa shape index (κ1) is 23.5. The summed E-state index contributed by atoms with van der Waals surface area (Å²) in [5.41, 5.74) is -1.06. The lowest BCUT2D eigenvalue weighted by Crippen LogP contribution is -2.64. The zero-order valence-electron chi connectivity index (χ0n) is 19.0. The number of alkyl halides is 3. The van der Waals surface area contributed by atoms with E-state index in [9.17, 15) is 22.8 Å². The largest absolute Gasteiger partial charge is 0.449 e. The lowest BCUT2D eigenvalue weighted by atomic mass is 9.90. The topological polar surface area (TPSA) is 63.0 Å². The molecule has 0 radical (unpaired) electrons. The molecule has 2 aliphatic heterocycles. The van der Waals surface area contributed by atoms with E-state index in [1.54, 1.807) is 18.1 Å². The summed E-state index contributed by atoms with van der Waals surface area (Å²) in [5.74, 6) is -0.900. The quantitative estimate of drug-likeness (QED) is 0.589. The molecule has 0 unspecified atom stereocenters.